The second kappa shape index (κ2) is 9.13. The number of carbonyl (C=O) groups is 2. The minimum atomic E-state index is -0.496. The molecule has 3 aromatic rings. The topological polar surface area (TPSA) is 99.5 Å². The largest absolute Gasteiger partial charge is 0.507 e. The zero-order valence-electron chi connectivity index (χ0n) is 17.2. The molecule has 0 aliphatic carbocycles. The number of rotatable bonds is 7. The number of phenols is 1. The standard InChI is InChI=1S/C22H25N5O3/c1-4-21(29)24-16-7-10-19(28)18(13-16)22(30)25-20-11-12-23-27(20)14-15-5-8-17(9-6-15)26(2)3/h5-13,28H,4,14H2,1-3H3,(H,24,29)(H,25,30). The Bertz CT molecular complexity index is 1040. The third kappa shape index (κ3) is 4.96. The fourth-order valence-electron chi connectivity index (χ4n) is 2.87. The first-order valence-corrected chi connectivity index (χ1v) is 9.59. The first-order chi connectivity index (χ1) is 14.4. The quantitative estimate of drug-likeness (QED) is 0.522. The summed E-state index contributed by atoms with van der Waals surface area (Å²) in [6.45, 7) is 2.22. The average Bonchev–Trinajstić information content (AvgIpc) is 3.16. The van der Waals surface area contributed by atoms with Gasteiger partial charge in [0.2, 0.25) is 5.91 Å². The normalized spacial score (nSPS) is 10.5. The van der Waals surface area contributed by atoms with E-state index >= 15 is 0 Å². The summed E-state index contributed by atoms with van der Waals surface area (Å²) in [5.41, 5.74) is 2.64. The van der Waals surface area contributed by atoms with Crippen LogP contribution in [0.5, 0.6) is 5.75 Å². The molecule has 2 amide bonds. The molecular weight excluding hydrogens is 382 g/mol. The molecule has 2 aromatic carbocycles. The maximum atomic E-state index is 12.7. The second-order valence-electron chi connectivity index (χ2n) is 7.02. The summed E-state index contributed by atoms with van der Waals surface area (Å²) in [6.07, 6.45) is 1.92. The lowest BCUT2D eigenvalue weighted by molar-refractivity contribution is -0.115. The van der Waals surface area contributed by atoms with Crippen molar-refractivity contribution in [3.8, 4) is 5.75 Å². The third-order valence-electron chi connectivity index (χ3n) is 4.59. The van der Waals surface area contributed by atoms with Crippen LogP contribution in [-0.2, 0) is 11.3 Å². The van der Waals surface area contributed by atoms with E-state index in [4.69, 9.17) is 0 Å². The first-order valence-electron chi connectivity index (χ1n) is 9.59. The van der Waals surface area contributed by atoms with Crippen LogP contribution in [0.15, 0.2) is 54.7 Å². The maximum Gasteiger partial charge on any atom is 0.260 e. The molecule has 0 aliphatic rings. The van der Waals surface area contributed by atoms with E-state index in [9.17, 15) is 14.7 Å². The molecular formula is C22H25N5O3. The van der Waals surface area contributed by atoms with Gasteiger partial charge in [0.1, 0.15) is 11.6 Å². The number of amides is 2. The van der Waals surface area contributed by atoms with E-state index < -0.39 is 5.91 Å². The minimum Gasteiger partial charge on any atom is -0.507 e. The zero-order valence-corrected chi connectivity index (χ0v) is 17.2. The highest BCUT2D eigenvalue weighted by Crippen LogP contribution is 2.23. The van der Waals surface area contributed by atoms with E-state index in [0.29, 0.717) is 24.5 Å². The van der Waals surface area contributed by atoms with E-state index in [-0.39, 0.29) is 17.2 Å². The molecule has 0 unspecified atom stereocenters. The molecule has 0 spiro atoms. The summed E-state index contributed by atoms with van der Waals surface area (Å²) in [4.78, 5) is 26.3. The molecule has 0 atom stereocenters. The lowest BCUT2D eigenvalue weighted by Gasteiger charge is -2.14. The molecule has 0 saturated heterocycles. The molecule has 30 heavy (non-hydrogen) atoms. The van der Waals surface area contributed by atoms with Crippen LogP contribution >= 0.6 is 0 Å². The SMILES string of the molecule is CCC(=O)Nc1ccc(O)c(C(=O)Nc2ccnn2Cc2ccc(N(C)C)cc2)c1. The van der Waals surface area contributed by atoms with Crippen LogP contribution < -0.4 is 15.5 Å². The van der Waals surface area contributed by atoms with Crippen molar-refractivity contribution in [2.24, 2.45) is 0 Å². The van der Waals surface area contributed by atoms with Crippen LogP contribution in [0.3, 0.4) is 0 Å². The van der Waals surface area contributed by atoms with Gasteiger partial charge in [-0.25, -0.2) is 4.68 Å². The van der Waals surface area contributed by atoms with Gasteiger partial charge in [0.05, 0.1) is 18.3 Å². The lowest BCUT2D eigenvalue weighted by atomic mass is 10.1. The molecule has 0 aliphatic heterocycles. The number of aromatic nitrogens is 2. The van der Waals surface area contributed by atoms with Crippen LogP contribution in [0.2, 0.25) is 0 Å². The zero-order chi connectivity index (χ0) is 21.7. The van der Waals surface area contributed by atoms with Crippen LogP contribution in [-0.4, -0.2) is 40.8 Å². The van der Waals surface area contributed by atoms with Crippen molar-refractivity contribution >= 4 is 29.0 Å². The predicted molar refractivity (Wildman–Crippen MR) is 117 cm³/mol. The van der Waals surface area contributed by atoms with Gasteiger partial charge in [-0.05, 0) is 35.9 Å². The van der Waals surface area contributed by atoms with Crippen molar-refractivity contribution in [2.75, 3.05) is 29.6 Å². The second-order valence-corrected chi connectivity index (χ2v) is 7.02. The Balaban J connectivity index is 1.75. The van der Waals surface area contributed by atoms with Crippen LogP contribution in [0.25, 0.3) is 0 Å². The van der Waals surface area contributed by atoms with Gasteiger partial charge in [-0.15, -0.1) is 0 Å². The third-order valence-corrected chi connectivity index (χ3v) is 4.59. The Morgan fingerprint density at radius 3 is 2.47 bits per heavy atom. The average molecular weight is 407 g/mol. The van der Waals surface area contributed by atoms with Crippen molar-refractivity contribution in [3.05, 3.63) is 65.9 Å². The van der Waals surface area contributed by atoms with Crippen molar-refractivity contribution in [3.63, 3.8) is 0 Å². The van der Waals surface area contributed by atoms with Crippen molar-refractivity contribution < 1.29 is 14.7 Å². The molecule has 156 valence electrons. The fourth-order valence-corrected chi connectivity index (χ4v) is 2.87. The van der Waals surface area contributed by atoms with Gasteiger partial charge in [0.25, 0.3) is 5.91 Å². The molecule has 1 heterocycles. The van der Waals surface area contributed by atoms with Gasteiger partial charge >= 0.3 is 0 Å². The minimum absolute atomic E-state index is 0.0620. The highest BCUT2D eigenvalue weighted by atomic mass is 16.3. The van der Waals surface area contributed by atoms with Gasteiger partial charge < -0.3 is 20.6 Å². The monoisotopic (exact) mass is 407 g/mol. The molecule has 8 heteroatoms. The predicted octanol–water partition coefficient (Wildman–Crippen LogP) is 3.30. The van der Waals surface area contributed by atoms with E-state index in [1.807, 2.05) is 43.3 Å². The van der Waals surface area contributed by atoms with Gasteiger partial charge in [-0.3, -0.25) is 9.59 Å². The molecule has 8 nitrogen and oxygen atoms in total. The van der Waals surface area contributed by atoms with Gasteiger partial charge in [0, 0.05) is 38.0 Å². The summed E-state index contributed by atoms with van der Waals surface area (Å²) in [7, 11) is 3.96. The van der Waals surface area contributed by atoms with Crippen molar-refractivity contribution in [2.45, 2.75) is 19.9 Å². The highest BCUT2D eigenvalue weighted by Gasteiger charge is 2.15. The van der Waals surface area contributed by atoms with Crippen molar-refractivity contribution in [1.82, 2.24) is 9.78 Å². The number of carbonyl (C=O) groups excluding carboxylic acids is 2. The Hall–Kier alpha value is -3.81. The van der Waals surface area contributed by atoms with Gasteiger partial charge in [-0.2, -0.15) is 5.10 Å². The highest BCUT2D eigenvalue weighted by molar-refractivity contribution is 6.06. The van der Waals surface area contributed by atoms with E-state index in [1.165, 1.54) is 12.1 Å². The number of hydrogen-bond acceptors (Lipinski definition) is 5. The summed E-state index contributed by atoms with van der Waals surface area (Å²) in [5.74, 6) is -0.346. The van der Waals surface area contributed by atoms with E-state index in [2.05, 4.69) is 15.7 Å². The van der Waals surface area contributed by atoms with Gasteiger partial charge in [-0.1, -0.05) is 19.1 Å². The number of aromatic hydroxyl groups is 1. The number of hydrogen-bond donors (Lipinski definition) is 3. The number of nitrogens with zero attached hydrogens (tertiary/aromatic N) is 3. The van der Waals surface area contributed by atoms with Crippen LogP contribution in [0.1, 0.15) is 29.3 Å². The number of nitrogens with one attached hydrogen (secondary N) is 2. The maximum absolute atomic E-state index is 12.7. The molecule has 0 saturated carbocycles. The Morgan fingerprint density at radius 1 is 1.07 bits per heavy atom. The lowest BCUT2D eigenvalue weighted by Crippen LogP contribution is -2.17. The van der Waals surface area contributed by atoms with Crippen molar-refractivity contribution in [1.29, 1.82) is 0 Å². The summed E-state index contributed by atoms with van der Waals surface area (Å²) in [5, 5.41) is 19.8. The van der Waals surface area contributed by atoms with E-state index in [1.54, 1.807) is 29.9 Å². The number of benzene rings is 2. The number of anilines is 3. The molecule has 0 radical (unpaired) electrons. The molecule has 3 N–H and O–H groups in total. The van der Waals surface area contributed by atoms with Gasteiger partial charge in [0.15, 0.2) is 0 Å². The number of phenolic OH excluding ortho intramolecular Hbond substituents is 1. The molecule has 3 rings (SSSR count). The van der Waals surface area contributed by atoms with E-state index in [0.717, 1.165) is 11.3 Å². The Morgan fingerprint density at radius 2 is 1.80 bits per heavy atom. The van der Waals surface area contributed by atoms with Crippen LogP contribution in [0, 0.1) is 0 Å². The molecule has 1 aromatic heterocycles. The van der Waals surface area contributed by atoms with Crippen LogP contribution in [0.4, 0.5) is 17.2 Å². The summed E-state index contributed by atoms with van der Waals surface area (Å²) in [6, 6.07) is 14.1. The Kier molecular flexibility index (Phi) is 6.36. The molecule has 0 bridgehead atoms. The molecule has 0 fully saturated rings. The fraction of sp³-hybridized carbons (Fsp3) is 0.227. The summed E-state index contributed by atoms with van der Waals surface area (Å²) < 4.78 is 1.67. The smallest absolute Gasteiger partial charge is 0.260 e. The summed E-state index contributed by atoms with van der Waals surface area (Å²) >= 11 is 0. The first kappa shape index (κ1) is 20.9. The Labute approximate surface area is 175 Å².